The topological polar surface area (TPSA) is 58.3 Å². The maximum Gasteiger partial charge on any atom is 0.0724 e. The molecule has 4 heteroatoms. The number of aliphatic hydroxyl groups excluding tert-OH is 1. The van der Waals surface area contributed by atoms with E-state index < -0.39 is 0 Å². The fourth-order valence-electron chi connectivity index (χ4n) is 1.28. The highest BCUT2D eigenvalue weighted by Gasteiger charge is 2.02. The predicted octanol–water partition coefficient (Wildman–Crippen LogP) is 1.88. The minimum atomic E-state index is -0.376. The van der Waals surface area contributed by atoms with E-state index in [1.54, 1.807) is 0 Å². The molecule has 0 aromatic heterocycles. The fourth-order valence-corrected chi connectivity index (χ4v) is 1.53. The Bertz CT molecular complexity index is 317. The van der Waals surface area contributed by atoms with E-state index in [4.69, 9.17) is 5.73 Å². The molecule has 84 valence electrons. The average Bonchev–Trinajstić information content (AvgIpc) is 2.20. The Morgan fingerprint density at radius 1 is 1.53 bits per heavy atom. The molecule has 1 aromatic rings. The number of aryl methyl sites for hydroxylation is 1. The van der Waals surface area contributed by atoms with E-state index in [9.17, 15) is 5.11 Å². The minimum Gasteiger partial charge on any atom is -0.391 e. The lowest BCUT2D eigenvalue weighted by atomic mass is 10.2. The number of rotatable bonds is 5. The van der Waals surface area contributed by atoms with Crippen molar-refractivity contribution >= 4 is 21.6 Å². The third-order valence-electron chi connectivity index (χ3n) is 2.20. The Labute approximate surface area is 98.8 Å². The van der Waals surface area contributed by atoms with Gasteiger partial charge in [0.2, 0.25) is 0 Å². The number of aliphatic hydroxyl groups is 1. The Morgan fingerprint density at radius 3 is 2.87 bits per heavy atom. The van der Waals surface area contributed by atoms with E-state index in [-0.39, 0.29) is 6.10 Å². The Morgan fingerprint density at radius 2 is 2.27 bits per heavy atom. The van der Waals surface area contributed by atoms with Crippen LogP contribution >= 0.6 is 15.9 Å². The largest absolute Gasteiger partial charge is 0.391 e. The van der Waals surface area contributed by atoms with Crippen molar-refractivity contribution in [2.24, 2.45) is 5.73 Å². The second-order valence-corrected chi connectivity index (χ2v) is 4.43. The fraction of sp³-hybridized carbons (Fsp3) is 0.455. The molecule has 1 rings (SSSR count). The average molecular weight is 273 g/mol. The van der Waals surface area contributed by atoms with Gasteiger partial charge in [-0.05, 0) is 43.7 Å². The molecule has 0 aliphatic rings. The number of nitrogens with two attached hydrogens (primary N) is 1. The highest BCUT2D eigenvalue weighted by molar-refractivity contribution is 9.10. The molecule has 0 bridgehead atoms. The van der Waals surface area contributed by atoms with Gasteiger partial charge in [-0.15, -0.1) is 0 Å². The zero-order valence-electron chi connectivity index (χ0n) is 8.83. The first kappa shape index (κ1) is 12.5. The van der Waals surface area contributed by atoms with Crippen molar-refractivity contribution in [1.82, 2.24) is 0 Å². The molecule has 0 saturated carbocycles. The van der Waals surface area contributed by atoms with Crippen molar-refractivity contribution < 1.29 is 5.11 Å². The first-order valence-electron chi connectivity index (χ1n) is 5.01. The summed E-state index contributed by atoms with van der Waals surface area (Å²) in [6.45, 7) is 3.09. The van der Waals surface area contributed by atoms with Crippen LogP contribution in [-0.4, -0.2) is 24.3 Å². The lowest BCUT2D eigenvalue weighted by molar-refractivity contribution is 0.180. The molecule has 3 nitrogen and oxygen atoms in total. The standard InChI is InChI=1S/C11H17BrN2O/c1-8-6-9(2-3-11(8)12)14-7-10(15)4-5-13/h2-3,6,10,14-15H,4-5,7,13H2,1H3. The Balaban J connectivity index is 2.47. The third kappa shape index (κ3) is 4.20. The van der Waals surface area contributed by atoms with Gasteiger partial charge in [-0.25, -0.2) is 0 Å². The SMILES string of the molecule is Cc1cc(NCC(O)CCN)ccc1Br. The monoisotopic (exact) mass is 272 g/mol. The summed E-state index contributed by atoms with van der Waals surface area (Å²) in [4.78, 5) is 0. The van der Waals surface area contributed by atoms with Crippen LogP contribution in [0.2, 0.25) is 0 Å². The molecule has 0 radical (unpaired) electrons. The van der Waals surface area contributed by atoms with E-state index in [2.05, 4.69) is 21.2 Å². The second kappa shape index (κ2) is 6.10. The number of benzene rings is 1. The molecule has 4 N–H and O–H groups in total. The van der Waals surface area contributed by atoms with Crippen LogP contribution in [0.3, 0.4) is 0 Å². The maximum absolute atomic E-state index is 9.48. The summed E-state index contributed by atoms with van der Waals surface area (Å²) in [6.07, 6.45) is 0.252. The van der Waals surface area contributed by atoms with Gasteiger partial charge in [-0.1, -0.05) is 15.9 Å². The summed E-state index contributed by atoms with van der Waals surface area (Å²) in [7, 11) is 0. The summed E-state index contributed by atoms with van der Waals surface area (Å²) in [5, 5.41) is 12.7. The smallest absolute Gasteiger partial charge is 0.0724 e. The van der Waals surface area contributed by atoms with Gasteiger partial charge in [-0.2, -0.15) is 0 Å². The summed E-state index contributed by atoms with van der Waals surface area (Å²) in [5.74, 6) is 0. The van der Waals surface area contributed by atoms with Gasteiger partial charge in [0.25, 0.3) is 0 Å². The quantitative estimate of drug-likeness (QED) is 0.767. The molecular weight excluding hydrogens is 256 g/mol. The van der Waals surface area contributed by atoms with Crippen LogP contribution in [0.5, 0.6) is 0 Å². The van der Waals surface area contributed by atoms with Gasteiger partial charge in [-0.3, -0.25) is 0 Å². The Hall–Kier alpha value is -0.580. The molecule has 1 aromatic carbocycles. The highest BCUT2D eigenvalue weighted by Crippen LogP contribution is 2.19. The molecule has 0 fully saturated rings. The van der Waals surface area contributed by atoms with Gasteiger partial charge in [0.1, 0.15) is 0 Å². The molecule has 0 aliphatic carbocycles. The van der Waals surface area contributed by atoms with Crippen molar-refractivity contribution in [3.8, 4) is 0 Å². The first-order chi connectivity index (χ1) is 7.13. The molecular formula is C11H17BrN2O. The van der Waals surface area contributed by atoms with E-state index in [1.807, 2.05) is 25.1 Å². The van der Waals surface area contributed by atoms with E-state index in [1.165, 1.54) is 5.56 Å². The molecule has 0 aliphatic heterocycles. The molecule has 1 atom stereocenters. The molecule has 15 heavy (non-hydrogen) atoms. The molecule has 0 spiro atoms. The number of hydrogen-bond donors (Lipinski definition) is 3. The molecule has 0 heterocycles. The molecule has 1 unspecified atom stereocenters. The van der Waals surface area contributed by atoms with Crippen molar-refractivity contribution in [2.75, 3.05) is 18.4 Å². The lowest BCUT2D eigenvalue weighted by Gasteiger charge is -2.12. The lowest BCUT2D eigenvalue weighted by Crippen LogP contribution is -2.22. The third-order valence-corrected chi connectivity index (χ3v) is 3.09. The van der Waals surface area contributed by atoms with Crippen LogP contribution in [0, 0.1) is 6.92 Å². The van der Waals surface area contributed by atoms with Gasteiger partial charge >= 0.3 is 0 Å². The first-order valence-corrected chi connectivity index (χ1v) is 5.81. The zero-order chi connectivity index (χ0) is 11.3. The van der Waals surface area contributed by atoms with Crippen LogP contribution in [0.15, 0.2) is 22.7 Å². The van der Waals surface area contributed by atoms with Crippen LogP contribution in [0.1, 0.15) is 12.0 Å². The maximum atomic E-state index is 9.48. The van der Waals surface area contributed by atoms with E-state index in [0.717, 1.165) is 10.2 Å². The number of hydrogen-bond acceptors (Lipinski definition) is 3. The predicted molar refractivity (Wildman–Crippen MR) is 67.0 cm³/mol. The van der Waals surface area contributed by atoms with Crippen LogP contribution < -0.4 is 11.1 Å². The highest BCUT2D eigenvalue weighted by atomic mass is 79.9. The van der Waals surface area contributed by atoms with Crippen LogP contribution in [0.4, 0.5) is 5.69 Å². The van der Waals surface area contributed by atoms with Crippen molar-refractivity contribution in [1.29, 1.82) is 0 Å². The molecule has 0 amide bonds. The van der Waals surface area contributed by atoms with Crippen molar-refractivity contribution in [3.63, 3.8) is 0 Å². The zero-order valence-corrected chi connectivity index (χ0v) is 10.4. The van der Waals surface area contributed by atoms with Crippen molar-refractivity contribution in [2.45, 2.75) is 19.4 Å². The van der Waals surface area contributed by atoms with Gasteiger partial charge in [0, 0.05) is 16.7 Å². The van der Waals surface area contributed by atoms with E-state index >= 15 is 0 Å². The van der Waals surface area contributed by atoms with Crippen molar-refractivity contribution in [3.05, 3.63) is 28.2 Å². The van der Waals surface area contributed by atoms with Gasteiger partial charge in [0.15, 0.2) is 0 Å². The molecule has 0 saturated heterocycles. The van der Waals surface area contributed by atoms with Gasteiger partial charge in [0.05, 0.1) is 6.10 Å². The van der Waals surface area contributed by atoms with Crippen LogP contribution in [-0.2, 0) is 0 Å². The Kier molecular flexibility index (Phi) is 5.08. The second-order valence-electron chi connectivity index (χ2n) is 3.58. The normalized spacial score (nSPS) is 12.5. The summed E-state index contributed by atoms with van der Waals surface area (Å²) < 4.78 is 1.09. The summed E-state index contributed by atoms with van der Waals surface area (Å²) >= 11 is 3.44. The van der Waals surface area contributed by atoms with Crippen LogP contribution in [0.25, 0.3) is 0 Å². The van der Waals surface area contributed by atoms with Gasteiger partial charge < -0.3 is 16.2 Å². The summed E-state index contributed by atoms with van der Waals surface area (Å²) in [5.41, 5.74) is 7.54. The number of anilines is 1. The number of halogens is 1. The number of nitrogens with one attached hydrogen (secondary N) is 1. The van der Waals surface area contributed by atoms with E-state index in [0.29, 0.717) is 19.5 Å². The minimum absolute atomic E-state index is 0.376. The summed E-state index contributed by atoms with van der Waals surface area (Å²) in [6, 6.07) is 6.01.